The normalized spacial score (nSPS) is 25.8. The largest absolute Gasteiger partial charge is 0.333 e. The Labute approximate surface area is 160 Å². The summed E-state index contributed by atoms with van der Waals surface area (Å²) >= 11 is 1.68. The molecule has 0 aromatic heterocycles. The maximum atomic E-state index is 13.3. The first-order valence-electron chi connectivity index (χ1n) is 10.0. The SMILES string of the molecule is CCC1CCC(N(C(=O)c2ccc3c(c2)NC(=O)CCS3)C2CC2)CC1. The van der Waals surface area contributed by atoms with Crippen molar-refractivity contribution in [3.05, 3.63) is 23.8 Å². The number of hydrogen-bond acceptors (Lipinski definition) is 3. The summed E-state index contributed by atoms with van der Waals surface area (Å²) < 4.78 is 0. The molecule has 0 atom stereocenters. The van der Waals surface area contributed by atoms with Crippen LogP contribution in [0.25, 0.3) is 0 Å². The highest BCUT2D eigenvalue weighted by Crippen LogP contribution is 2.38. The van der Waals surface area contributed by atoms with Gasteiger partial charge in [-0.2, -0.15) is 0 Å². The predicted molar refractivity (Wildman–Crippen MR) is 106 cm³/mol. The minimum absolute atomic E-state index is 0.0396. The lowest BCUT2D eigenvalue weighted by Crippen LogP contribution is -2.43. The summed E-state index contributed by atoms with van der Waals surface area (Å²) in [6, 6.07) is 6.64. The number of nitrogens with one attached hydrogen (secondary N) is 1. The van der Waals surface area contributed by atoms with Gasteiger partial charge in [0.05, 0.1) is 5.69 Å². The number of carbonyl (C=O) groups is 2. The fraction of sp³-hybridized carbons (Fsp3) is 0.619. The molecule has 1 aliphatic heterocycles. The van der Waals surface area contributed by atoms with E-state index in [0.717, 1.165) is 53.5 Å². The number of anilines is 1. The summed E-state index contributed by atoms with van der Waals surface area (Å²) in [7, 11) is 0. The van der Waals surface area contributed by atoms with E-state index in [-0.39, 0.29) is 11.8 Å². The summed E-state index contributed by atoms with van der Waals surface area (Å²) in [5.41, 5.74) is 1.52. The molecular formula is C21H28N2O2S. The van der Waals surface area contributed by atoms with E-state index in [9.17, 15) is 9.59 Å². The summed E-state index contributed by atoms with van der Waals surface area (Å²) in [5.74, 6) is 1.82. The first-order chi connectivity index (χ1) is 12.7. The number of rotatable bonds is 4. The molecule has 0 bridgehead atoms. The lowest BCUT2D eigenvalue weighted by molar-refractivity contribution is -0.115. The van der Waals surface area contributed by atoms with Crippen molar-refractivity contribution >= 4 is 29.3 Å². The molecule has 140 valence electrons. The lowest BCUT2D eigenvalue weighted by Gasteiger charge is -2.37. The van der Waals surface area contributed by atoms with Crippen LogP contribution in [0.4, 0.5) is 5.69 Å². The molecule has 0 saturated heterocycles. The van der Waals surface area contributed by atoms with Gasteiger partial charge in [0, 0.05) is 34.7 Å². The van der Waals surface area contributed by atoms with Crippen LogP contribution in [0.1, 0.15) is 68.6 Å². The van der Waals surface area contributed by atoms with Gasteiger partial charge in [0.2, 0.25) is 5.91 Å². The molecule has 2 amide bonds. The lowest BCUT2D eigenvalue weighted by atomic mass is 9.83. The van der Waals surface area contributed by atoms with Crippen LogP contribution in [0, 0.1) is 5.92 Å². The molecule has 4 nitrogen and oxygen atoms in total. The van der Waals surface area contributed by atoms with Crippen molar-refractivity contribution < 1.29 is 9.59 Å². The monoisotopic (exact) mass is 372 g/mol. The number of hydrogen-bond donors (Lipinski definition) is 1. The average Bonchev–Trinajstić information content (AvgIpc) is 3.49. The van der Waals surface area contributed by atoms with Gasteiger partial charge < -0.3 is 10.2 Å². The van der Waals surface area contributed by atoms with Crippen LogP contribution in [0.15, 0.2) is 23.1 Å². The molecule has 3 aliphatic rings. The zero-order valence-corrected chi connectivity index (χ0v) is 16.3. The minimum Gasteiger partial charge on any atom is -0.333 e. The number of carbonyl (C=O) groups excluding carboxylic acids is 2. The topological polar surface area (TPSA) is 49.4 Å². The summed E-state index contributed by atoms with van der Waals surface area (Å²) in [6.45, 7) is 2.27. The number of fused-ring (bicyclic) bond motifs is 1. The zero-order chi connectivity index (χ0) is 18.1. The average molecular weight is 373 g/mol. The van der Waals surface area contributed by atoms with Crippen LogP contribution >= 0.6 is 11.8 Å². The molecule has 1 aromatic carbocycles. The maximum absolute atomic E-state index is 13.3. The van der Waals surface area contributed by atoms with E-state index in [1.807, 2.05) is 18.2 Å². The predicted octanol–water partition coefficient (Wildman–Crippen LogP) is 4.69. The molecule has 0 spiro atoms. The van der Waals surface area contributed by atoms with Gasteiger partial charge in [-0.3, -0.25) is 9.59 Å². The maximum Gasteiger partial charge on any atom is 0.254 e. The van der Waals surface area contributed by atoms with Crippen molar-refractivity contribution in [1.29, 1.82) is 0 Å². The van der Waals surface area contributed by atoms with Gasteiger partial charge in [-0.05, 0) is 62.6 Å². The fourth-order valence-corrected chi connectivity index (χ4v) is 5.25. The number of amides is 2. The Kier molecular flexibility index (Phi) is 5.25. The van der Waals surface area contributed by atoms with E-state index < -0.39 is 0 Å². The van der Waals surface area contributed by atoms with Crippen molar-refractivity contribution in [3.8, 4) is 0 Å². The minimum atomic E-state index is 0.0396. The number of benzene rings is 1. The van der Waals surface area contributed by atoms with Crippen molar-refractivity contribution in [2.24, 2.45) is 5.92 Å². The third kappa shape index (κ3) is 3.78. The Balaban J connectivity index is 1.54. The number of nitrogens with zero attached hydrogens (tertiary/aromatic N) is 1. The van der Waals surface area contributed by atoms with E-state index in [2.05, 4.69) is 17.1 Å². The first-order valence-corrected chi connectivity index (χ1v) is 11.0. The molecule has 2 saturated carbocycles. The second-order valence-electron chi connectivity index (χ2n) is 7.88. The van der Waals surface area contributed by atoms with Gasteiger partial charge >= 0.3 is 0 Å². The molecule has 1 N–H and O–H groups in total. The Bertz CT molecular complexity index is 693. The quantitative estimate of drug-likeness (QED) is 0.834. The third-order valence-corrected chi connectivity index (χ3v) is 7.12. The number of thioether (sulfide) groups is 1. The van der Waals surface area contributed by atoms with Crippen LogP contribution in [-0.4, -0.2) is 34.6 Å². The fourth-order valence-electron chi connectivity index (χ4n) is 4.32. The highest BCUT2D eigenvalue weighted by Gasteiger charge is 2.39. The van der Waals surface area contributed by atoms with Gasteiger partial charge in [0.25, 0.3) is 5.91 Å². The van der Waals surface area contributed by atoms with Crippen LogP contribution in [0.2, 0.25) is 0 Å². The Morgan fingerprint density at radius 2 is 1.85 bits per heavy atom. The summed E-state index contributed by atoms with van der Waals surface area (Å²) in [5, 5.41) is 2.96. The van der Waals surface area contributed by atoms with Gasteiger partial charge in [-0.15, -0.1) is 11.8 Å². The van der Waals surface area contributed by atoms with Crippen LogP contribution < -0.4 is 5.32 Å². The molecule has 2 fully saturated rings. The van der Waals surface area contributed by atoms with Crippen molar-refractivity contribution in [3.63, 3.8) is 0 Å². The molecule has 0 unspecified atom stereocenters. The van der Waals surface area contributed by atoms with Crippen molar-refractivity contribution in [2.45, 2.75) is 75.3 Å². The highest BCUT2D eigenvalue weighted by atomic mass is 32.2. The van der Waals surface area contributed by atoms with Gasteiger partial charge in [0.1, 0.15) is 0 Å². The van der Waals surface area contributed by atoms with Crippen LogP contribution in [0.3, 0.4) is 0 Å². The van der Waals surface area contributed by atoms with Gasteiger partial charge in [0.15, 0.2) is 0 Å². The summed E-state index contributed by atoms with van der Waals surface area (Å²) in [6.07, 6.45) is 8.82. The molecule has 5 heteroatoms. The second-order valence-corrected chi connectivity index (χ2v) is 9.02. The molecule has 2 aliphatic carbocycles. The molecule has 1 aromatic rings. The standard InChI is InChI=1S/C21H28N2O2S/c1-2-14-3-6-16(7-4-14)23(17-8-9-17)21(25)15-5-10-19-18(13-15)22-20(24)11-12-26-19/h5,10,13-14,16-17H,2-4,6-9,11-12H2,1H3,(H,22,24). The second kappa shape index (κ2) is 7.63. The highest BCUT2D eigenvalue weighted by molar-refractivity contribution is 7.99. The van der Waals surface area contributed by atoms with E-state index in [4.69, 9.17) is 0 Å². The van der Waals surface area contributed by atoms with Crippen molar-refractivity contribution in [1.82, 2.24) is 4.90 Å². The summed E-state index contributed by atoms with van der Waals surface area (Å²) in [4.78, 5) is 28.4. The van der Waals surface area contributed by atoms with E-state index in [0.29, 0.717) is 18.5 Å². The van der Waals surface area contributed by atoms with Crippen LogP contribution in [0.5, 0.6) is 0 Å². The Hall–Kier alpha value is -1.49. The van der Waals surface area contributed by atoms with Crippen molar-refractivity contribution in [2.75, 3.05) is 11.1 Å². The Morgan fingerprint density at radius 3 is 2.50 bits per heavy atom. The first kappa shape index (κ1) is 17.9. The molecule has 1 heterocycles. The zero-order valence-electron chi connectivity index (χ0n) is 15.5. The Morgan fingerprint density at radius 1 is 1.15 bits per heavy atom. The van der Waals surface area contributed by atoms with E-state index >= 15 is 0 Å². The molecule has 4 rings (SSSR count). The molecule has 0 radical (unpaired) electrons. The van der Waals surface area contributed by atoms with Gasteiger partial charge in [-0.25, -0.2) is 0 Å². The molecule has 26 heavy (non-hydrogen) atoms. The third-order valence-electron chi connectivity index (χ3n) is 6.05. The van der Waals surface area contributed by atoms with Crippen LogP contribution in [-0.2, 0) is 4.79 Å². The van der Waals surface area contributed by atoms with E-state index in [1.54, 1.807) is 11.8 Å². The van der Waals surface area contributed by atoms with Gasteiger partial charge in [-0.1, -0.05) is 13.3 Å². The van der Waals surface area contributed by atoms with E-state index in [1.165, 1.54) is 19.3 Å². The molecular weight excluding hydrogens is 344 g/mol. The smallest absolute Gasteiger partial charge is 0.254 e.